The monoisotopic (exact) mass is 226 g/mol. The van der Waals surface area contributed by atoms with Crippen LogP contribution >= 0.6 is 11.6 Å². The molecule has 1 aromatic heterocycles. The van der Waals surface area contributed by atoms with Crippen LogP contribution in [-0.4, -0.2) is 17.4 Å². The molecule has 0 amide bonds. The van der Waals surface area contributed by atoms with Crippen molar-refractivity contribution in [2.24, 2.45) is 0 Å². The van der Waals surface area contributed by atoms with Gasteiger partial charge in [-0.25, -0.2) is 4.98 Å². The van der Waals surface area contributed by atoms with Gasteiger partial charge in [0.2, 0.25) is 0 Å². The van der Waals surface area contributed by atoms with Gasteiger partial charge in [0.05, 0.1) is 0 Å². The summed E-state index contributed by atoms with van der Waals surface area (Å²) in [6.07, 6.45) is 2.90. The number of hydrogen-bond acceptors (Lipinski definition) is 2. The van der Waals surface area contributed by atoms with Gasteiger partial charge in [-0.15, -0.1) is 11.6 Å². The fourth-order valence-electron chi connectivity index (χ4n) is 1.23. The van der Waals surface area contributed by atoms with Crippen LogP contribution in [0.3, 0.4) is 0 Å². The van der Waals surface area contributed by atoms with Gasteiger partial charge in [-0.2, -0.15) is 0 Å². The van der Waals surface area contributed by atoms with Crippen LogP contribution in [-0.2, 0) is 5.41 Å². The van der Waals surface area contributed by atoms with Crippen LogP contribution in [0.1, 0.15) is 32.8 Å². The zero-order valence-corrected chi connectivity index (χ0v) is 10.4. The van der Waals surface area contributed by atoms with Gasteiger partial charge in [0.25, 0.3) is 0 Å². The van der Waals surface area contributed by atoms with Gasteiger partial charge in [-0.1, -0.05) is 26.8 Å². The molecule has 1 heterocycles. The number of rotatable bonds is 4. The highest BCUT2D eigenvalue weighted by Crippen LogP contribution is 2.21. The summed E-state index contributed by atoms with van der Waals surface area (Å²) in [5.74, 6) is 1.61. The third kappa shape index (κ3) is 4.08. The quantitative estimate of drug-likeness (QED) is 0.629. The summed E-state index contributed by atoms with van der Waals surface area (Å²) in [6.45, 7) is 7.44. The van der Waals surface area contributed by atoms with Crippen LogP contribution in [0.2, 0.25) is 0 Å². The second kappa shape index (κ2) is 5.36. The highest BCUT2D eigenvalue weighted by atomic mass is 35.5. The maximum absolute atomic E-state index is 5.59. The Morgan fingerprint density at radius 1 is 1.33 bits per heavy atom. The summed E-state index contributed by atoms with van der Waals surface area (Å²) in [4.78, 5) is 4.36. The molecule has 0 saturated heterocycles. The van der Waals surface area contributed by atoms with E-state index in [0.717, 1.165) is 18.8 Å². The van der Waals surface area contributed by atoms with Crippen molar-refractivity contribution in [1.82, 2.24) is 4.98 Å². The summed E-state index contributed by atoms with van der Waals surface area (Å²) in [5, 5.41) is 3.23. The van der Waals surface area contributed by atoms with Crippen LogP contribution in [0.25, 0.3) is 0 Å². The molecule has 0 radical (unpaired) electrons. The number of hydrogen-bond donors (Lipinski definition) is 1. The smallest absolute Gasteiger partial charge is 0.125 e. The number of alkyl halides is 1. The zero-order chi connectivity index (χ0) is 11.3. The molecule has 84 valence electrons. The molecule has 0 spiro atoms. The number of anilines is 1. The molecule has 3 heteroatoms. The Morgan fingerprint density at radius 3 is 2.53 bits per heavy atom. The maximum atomic E-state index is 5.59. The standard InChI is InChI=1S/C12H19ClN2/c1-12(2,3)10-5-6-11(15-9-10)14-8-4-7-13/h5-6,9H,4,7-8H2,1-3H3,(H,14,15). The van der Waals surface area contributed by atoms with E-state index in [1.807, 2.05) is 12.3 Å². The number of nitrogens with zero attached hydrogens (tertiary/aromatic N) is 1. The van der Waals surface area contributed by atoms with Crippen molar-refractivity contribution in [3.63, 3.8) is 0 Å². The molecule has 0 aliphatic rings. The maximum Gasteiger partial charge on any atom is 0.125 e. The minimum absolute atomic E-state index is 0.168. The molecule has 0 fully saturated rings. The number of aromatic nitrogens is 1. The second-order valence-corrected chi connectivity index (χ2v) is 5.03. The van der Waals surface area contributed by atoms with Crippen LogP contribution in [0.15, 0.2) is 18.3 Å². The van der Waals surface area contributed by atoms with Crippen molar-refractivity contribution in [2.75, 3.05) is 17.7 Å². The summed E-state index contributed by atoms with van der Waals surface area (Å²) in [5.41, 5.74) is 1.42. The van der Waals surface area contributed by atoms with E-state index in [-0.39, 0.29) is 5.41 Å². The topological polar surface area (TPSA) is 24.9 Å². The van der Waals surface area contributed by atoms with Crippen molar-refractivity contribution in [3.8, 4) is 0 Å². The molecule has 0 aromatic carbocycles. The molecular weight excluding hydrogens is 208 g/mol. The van der Waals surface area contributed by atoms with Gasteiger partial charge in [-0.05, 0) is 23.5 Å². The second-order valence-electron chi connectivity index (χ2n) is 4.65. The summed E-state index contributed by atoms with van der Waals surface area (Å²) in [6, 6.07) is 4.14. The molecule has 1 aromatic rings. The molecular formula is C12H19ClN2. The van der Waals surface area contributed by atoms with E-state index in [0.29, 0.717) is 5.88 Å². The average molecular weight is 227 g/mol. The Bertz CT molecular complexity index is 287. The number of nitrogens with one attached hydrogen (secondary N) is 1. The first-order valence-corrected chi connectivity index (χ1v) is 5.84. The van der Waals surface area contributed by atoms with Crippen molar-refractivity contribution < 1.29 is 0 Å². The molecule has 0 saturated carbocycles. The molecule has 1 rings (SSSR count). The van der Waals surface area contributed by atoms with Gasteiger partial charge in [0, 0.05) is 18.6 Å². The lowest BCUT2D eigenvalue weighted by molar-refractivity contribution is 0.587. The van der Waals surface area contributed by atoms with E-state index in [9.17, 15) is 0 Å². The Balaban J connectivity index is 2.57. The molecule has 0 aliphatic carbocycles. The number of pyridine rings is 1. The van der Waals surface area contributed by atoms with Crippen LogP contribution in [0.4, 0.5) is 5.82 Å². The molecule has 1 N–H and O–H groups in total. The van der Waals surface area contributed by atoms with Crippen LogP contribution in [0.5, 0.6) is 0 Å². The van der Waals surface area contributed by atoms with Crippen LogP contribution < -0.4 is 5.32 Å². The minimum atomic E-state index is 0.168. The third-order valence-corrected chi connectivity index (χ3v) is 2.51. The molecule has 15 heavy (non-hydrogen) atoms. The summed E-state index contributed by atoms with van der Waals surface area (Å²) < 4.78 is 0. The van der Waals surface area contributed by atoms with Crippen molar-refractivity contribution >= 4 is 17.4 Å². The highest BCUT2D eigenvalue weighted by Gasteiger charge is 2.13. The lowest BCUT2D eigenvalue weighted by atomic mass is 9.88. The fourth-order valence-corrected chi connectivity index (χ4v) is 1.36. The molecule has 2 nitrogen and oxygen atoms in total. The van der Waals surface area contributed by atoms with Gasteiger partial charge >= 0.3 is 0 Å². The minimum Gasteiger partial charge on any atom is -0.370 e. The van der Waals surface area contributed by atoms with Crippen molar-refractivity contribution in [2.45, 2.75) is 32.6 Å². The zero-order valence-electron chi connectivity index (χ0n) is 9.68. The molecule has 0 bridgehead atoms. The Morgan fingerprint density at radius 2 is 2.07 bits per heavy atom. The predicted octanol–water partition coefficient (Wildman–Crippen LogP) is 3.42. The SMILES string of the molecule is CC(C)(C)c1ccc(NCCCCl)nc1. The average Bonchev–Trinajstić information content (AvgIpc) is 2.18. The largest absolute Gasteiger partial charge is 0.370 e. The van der Waals surface area contributed by atoms with Crippen molar-refractivity contribution in [1.29, 1.82) is 0 Å². The number of halogens is 1. The molecule has 0 unspecified atom stereocenters. The van der Waals surface area contributed by atoms with E-state index < -0.39 is 0 Å². The van der Waals surface area contributed by atoms with Gasteiger partial charge < -0.3 is 5.32 Å². The predicted molar refractivity (Wildman–Crippen MR) is 66.8 cm³/mol. The highest BCUT2D eigenvalue weighted by molar-refractivity contribution is 6.17. The normalized spacial score (nSPS) is 11.5. The van der Waals surface area contributed by atoms with Gasteiger partial charge in [0.1, 0.15) is 5.82 Å². The van der Waals surface area contributed by atoms with E-state index in [1.165, 1.54) is 5.56 Å². The first-order chi connectivity index (χ1) is 7.04. The first kappa shape index (κ1) is 12.3. The fraction of sp³-hybridized carbons (Fsp3) is 0.583. The lowest BCUT2D eigenvalue weighted by Gasteiger charge is -2.18. The van der Waals surface area contributed by atoms with E-state index in [2.05, 4.69) is 37.1 Å². The van der Waals surface area contributed by atoms with Crippen LogP contribution in [0, 0.1) is 0 Å². The van der Waals surface area contributed by atoms with E-state index in [4.69, 9.17) is 11.6 Å². The summed E-state index contributed by atoms with van der Waals surface area (Å²) in [7, 11) is 0. The van der Waals surface area contributed by atoms with Gasteiger partial charge in [0.15, 0.2) is 0 Å². The Kier molecular flexibility index (Phi) is 4.40. The third-order valence-electron chi connectivity index (χ3n) is 2.25. The first-order valence-electron chi connectivity index (χ1n) is 5.30. The Labute approximate surface area is 97.1 Å². The van der Waals surface area contributed by atoms with Gasteiger partial charge in [-0.3, -0.25) is 0 Å². The van der Waals surface area contributed by atoms with Crippen molar-refractivity contribution in [3.05, 3.63) is 23.9 Å². The molecule has 0 atom stereocenters. The molecule has 0 aliphatic heterocycles. The van der Waals surface area contributed by atoms with E-state index >= 15 is 0 Å². The lowest BCUT2D eigenvalue weighted by Crippen LogP contribution is -2.12. The summed E-state index contributed by atoms with van der Waals surface area (Å²) >= 11 is 5.59. The Hall–Kier alpha value is -0.760. The van der Waals surface area contributed by atoms with E-state index in [1.54, 1.807) is 0 Å².